The van der Waals surface area contributed by atoms with Crippen LogP contribution in [0, 0.1) is 5.82 Å². The Morgan fingerprint density at radius 3 is 2.85 bits per heavy atom. The van der Waals surface area contributed by atoms with Crippen molar-refractivity contribution in [3.8, 4) is 0 Å². The van der Waals surface area contributed by atoms with Crippen molar-refractivity contribution in [2.75, 3.05) is 25.1 Å². The van der Waals surface area contributed by atoms with E-state index in [1.165, 1.54) is 17.8 Å². The molecule has 0 heterocycles. The minimum atomic E-state index is -0.720. The quantitative estimate of drug-likeness (QED) is 0.192. The molecule has 1 aromatic carbocycles. The second-order valence-corrected chi connectivity index (χ2v) is 9.22. The Labute approximate surface area is 180 Å². The predicted octanol–water partition coefficient (Wildman–Crippen LogP) is 3.78. The first-order valence-corrected chi connectivity index (χ1v) is 11.2. The van der Waals surface area contributed by atoms with Gasteiger partial charge in [0.15, 0.2) is 5.96 Å². The predicted molar refractivity (Wildman–Crippen MR) is 122 cm³/mol. The Morgan fingerprint density at radius 1 is 1.38 bits per heavy atom. The van der Waals surface area contributed by atoms with Gasteiger partial charge in [0.1, 0.15) is 5.82 Å². The van der Waals surface area contributed by atoms with Gasteiger partial charge in [-0.15, -0.1) is 35.7 Å². The van der Waals surface area contributed by atoms with E-state index in [0.29, 0.717) is 22.7 Å². The number of benzene rings is 1. The fourth-order valence-electron chi connectivity index (χ4n) is 3.03. The summed E-state index contributed by atoms with van der Waals surface area (Å²) in [5.74, 6) is 2.08. The van der Waals surface area contributed by atoms with Crippen LogP contribution in [0.4, 0.5) is 4.39 Å². The van der Waals surface area contributed by atoms with Crippen molar-refractivity contribution in [3.05, 3.63) is 30.1 Å². The van der Waals surface area contributed by atoms with Gasteiger partial charge in [-0.05, 0) is 31.4 Å². The highest BCUT2D eigenvalue weighted by molar-refractivity contribution is 14.0. The molecule has 0 spiro atoms. The number of hydrogen-bond donors (Lipinski definition) is 2. The topological polar surface area (TPSA) is 53.5 Å². The van der Waals surface area contributed by atoms with Crippen LogP contribution >= 0.6 is 35.7 Å². The van der Waals surface area contributed by atoms with Crippen molar-refractivity contribution < 1.29 is 8.60 Å². The van der Waals surface area contributed by atoms with Crippen LogP contribution in [0.2, 0.25) is 0 Å². The number of rotatable bonds is 7. The number of guanidine groups is 1. The van der Waals surface area contributed by atoms with Crippen LogP contribution in [0.5, 0.6) is 0 Å². The second kappa shape index (κ2) is 12.9. The molecule has 3 atom stereocenters. The summed E-state index contributed by atoms with van der Waals surface area (Å²) in [5.41, 5.74) is 0. The molecule has 8 heteroatoms. The summed E-state index contributed by atoms with van der Waals surface area (Å²) in [4.78, 5) is 4.94. The molecule has 1 fully saturated rings. The first-order valence-electron chi connectivity index (χ1n) is 8.85. The molecule has 1 aliphatic rings. The summed E-state index contributed by atoms with van der Waals surface area (Å²) in [7, 11) is 1.03. The fourth-order valence-corrected chi connectivity index (χ4v) is 5.18. The first kappa shape index (κ1) is 23.7. The Hall–Kier alpha value is -0.350. The number of aliphatic imine (C=N–C) groups is 1. The molecule has 2 rings (SSSR count). The van der Waals surface area contributed by atoms with E-state index >= 15 is 0 Å². The Balaban J connectivity index is 0.00000338. The number of nitrogens with one attached hydrogen (secondary N) is 2. The van der Waals surface area contributed by atoms with E-state index in [9.17, 15) is 8.60 Å². The van der Waals surface area contributed by atoms with Gasteiger partial charge in [-0.25, -0.2) is 4.39 Å². The first-order chi connectivity index (χ1) is 12.1. The molecule has 1 saturated carbocycles. The molecule has 4 nitrogen and oxygen atoms in total. The number of hydrogen-bond acceptors (Lipinski definition) is 3. The molecule has 0 saturated heterocycles. The number of nitrogens with zero attached hydrogens (tertiary/aromatic N) is 1. The summed E-state index contributed by atoms with van der Waals surface area (Å²) >= 11 is 1.49. The molecule has 0 aliphatic heterocycles. The van der Waals surface area contributed by atoms with E-state index in [4.69, 9.17) is 0 Å². The van der Waals surface area contributed by atoms with E-state index in [1.807, 2.05) is 13.0 Å². The van der Waals surface area contributed by atoms with Crippen molar-refractivity contribution in [2.24, 2.45) is 4.99 Å². The third-order valence-electron chi connectivity index (χ3n) is 4.34. The highest BCUT2D eigenvalue weighted by Gasteiger charge is 2.25. The summed E-state index contributed by atoms with van der Waals surface area (Å²) in [6.07, 6.45) is 4.19. The van der Waals surface area contributed by atoms with E-state index in [-0.39, 0.29) is 29.8 Å². The van der Waals surface area contributed by atoms with Gasteiger partial charge in [0, 0.05) is 52.1 Å². The molecule has 2 N–H and O–H groups in total. The van der Waals surface area contributed by atoms with E-state index in [2.05, 4.69) is 15.6 Å². The molecule has 0 bridgehead atoms. The second-order valence-electron chi connectivity index (χ2n) is 6.08. The summed E-state index contributed by atoms with van der Waals surface area (Å²) < 4.78 is 25.6. The van der Waals surface area contributed by atoms with Gasteiger partial charge in [0.05, 0.1) is 0 Å². The van der Waals surface area contributed by atoms with E-state index in [0.717, 1.165) is 43.1 Å². The van der Waals surface area contributed by atoms with Crippen LogP contribution in [0.15, 0.2) is 34.2 Å². The lowest BCUT2D eigenvalue weighted by Crippen LogP contribution is -2.47. The molecule has 1 aromatic rings. The van der Waals surface area contributed by atoms with Gasteiger partial charge in [0.2, 0.25) is 0 Å². The molecule has 26 heavy (non-hydrogen) atoms. The van der Waals surface area contributed by atoms with Crippen LogP contribution in [0.1, 0.15) is 32.6 Å². The summed E-state index contributed by atoms with van der Waals surface area (Å²) in [5, 5.41) is 7.03. The van der Waals surface area contributed by atoms with Gasteiger partial charge in [0.25, 0.3) is 0 Å². The van der Waals surface area contributed by atoms with Crippen LogP contribution < -0.4 is 10.6 Å². The Kier molecular flexibility index (Phi) is 11.8. The molecule has 0 amide bonds. The zero-order valence-electron chi connectivity index (χ0n) is 15.4. The van der Waals surface area contributed by atoms with Gasteiger partial charge < -0.3 is 10.6 Å². The van der Waals surface area contributed by atoms with Gasteiger partial charge in [-0.1, -0.05) is 25.5 Å². The van der Waals surface area contributed by atoms with Crippen LogP contribution in [0.3, 0.4) is 0 Å². The molecule has 0 aromatic heterocycles. The maximum absolute atomic E-state index is 13.6. The highest BCUT2D eigenvalue weighted by Crippen LogP contribution is 2.23. The van der Waals surface area contributed by atoms with Crippen LogP contribution in [-0.2, 0) is 10.8 Å². The van der Waals surface area contributed by atoms with Crippen LogP contribution in [0.25, 0.3) is 0 Å². The zero-order valence-corrected chi connectivity index (χ0v) is 19.3. The minimum Gasteiger partial charge on any atom is -0.356 e. The largest absolute Gasteiger partial charge is 0.356 e. The molecular weight excluding hydrogens is 484 g/mol. The third-order valence-corrected chi connectivity index (χ3v) is 7.13. The van der Waals surface area contributed by atoms with E-state index < -0.39 is 10.8 Å². The Morgan fingerprint density at radius 2 is 2.15 bits per heavy atom. The smallest absolute Gasteiger partial charge is 0.191 e. The third kappa shape index (κ3) is 7.72. The zero-order chi connectivity index (χ0) is 18.1. The summed E-state index contributed by atoms with van der Waals surface area (Å²) in [6, 6.07) is 7.14. The molecule has 148 valence electrons. The standard InChI is InChI=1S/C18H28FN3OS2.HI/c1-3-25(23)15-8-6-7-14(13-15)22-18(20-2)21-11-12-24-17-10-5-4-9-16(17)19;/h4-5,9-10,14-15H,3,6-8,11-13H2,1-2H3,(H2,20,21,22);1H. The lowest BCUT2D eigenvalue weighted by atomic mass is 9.95. The lowest BCUT2D eigenvalue weighted by Gasteiger charge is -2.30. The molecule has 0 radical (unpaired) electrons. The molecular formula is C18H29FIN3OS2. The van der Waals surface area contributed by atoms with Gasteiger partial charge in [-0.2, -0.15) is 0 Å². The monoisotopic (exact) mass is 513 g/mol. The Bertz CT molecular complexity index is 604. The van der Waals surface area contributed by atoms with Crippen molar-refractivity contribution in [2.45, 2.75) is 48.8 Å². The molecule has 3 unspecified atom stereocenters. The minimum absolute atomic E-state index is 0. The van der Waals surface area contributed by atoms with E-state index in [1.54, 1.807) is 19.2 Å². The lowest BCUT2D eigenvalue weighted by molar-refractivity contribution is 0.414. The van der Waals surface area contributed by atoms with Crippen LogP contribution in [-0.4, -0.2) is 46.6 Å². The van der Waals surface area contributed by atoms with Gasteiger partial charge >= 0.3 is 0 Å². The summed E-state index contributed by atoms with van der Waals surface area (Å²) in [6.45, 7) is 2.69. The van der Waals surface area contributed by atoms with Crippen molar-refractivity contribution in [1.82, 2.24) is 10.6 Å². The van der Waals surface area contributed by atoms with Crippen molar-refractivity contribution >= 4 is 52.5 Å². The maximum atomic E-state index is 13.6. The van der Waals surface area contributed by atoms with Gasteiger partial charge in [-0.3, -0.25) is 9.20 Å². The van der Waals surface area contributed by atoms with Crippen molar-refractivity contribution in [1.29, 1.82) is 0 Å². The number of halogens is 2. The normalized spacial score (nSPS) is 21.6. The average Bonchev–Trinajstić information content (AvgIpc) is 2.65. The van der Waals surface area contributed by atoms with Crippen molar-refractivity contribution in [3.63, 3.8) is 0 Å². The number of thioether (sulfide) groups is 1. The molecule has 1 aliphatic carbocycles. The maximum Gasteiger partial charge on any atom is 0.191 e. The average molecular weight is 513 g/mol. The SMILES string of the molecule is CCS(=O)C1CCCC(NC(=NC)NCCSc2ccccc2F)C1.I. The highest BCUT2D eigenvalue weighted by atomic mass is 127. The fraction of sp³-hybridized carbons (Fsp3) is 0.611.